The number of methoxy groups -OCH3 is 2. The fraction of sp³-hybridized carbons (Fsp3) is 0.185. The number of hydrogen-bond acceptors (Lipinski definition) is 2. The molecular weight excluding hydrogens is 403 g/mol. The van der Waals surface area contributed by atoms with E-state index in [0.717, 1.165) is 45.9 Å². The number of rotatable bonds is 7. The molecule has 0 N–H and O–H groups in total. The molecule has 0 saturated heterocycles. The average Bonchev–Trinajstić information content (AvgIpc) is 2.79. The van der Waals surface area contributed by atoms with Gasteiger partial charge in [-0.25, -0.2) is 13.5 Å². The first kappa shape index (κ1) is 21.5. The molecule has 4 aromatic rings. The lowest BCUT2D eigenvalue weighted by Gasteiger charge is -2.07. The predicted molar refractivity (Wildman–Crippen MR) is 121 cm³/mol. The summed E-state index contributed by atoms with van der Waals surface area (Å²) in [6.07, 6.45) is 8.19. The number of aromatic nitrogens is 2. The highest BCUT2D eigenvalue weighted by molar-refractivity contribution is 5.61. The van der Waals surface area contributed by atoms with Crippen LogP contribution in [0.3, 0.4) is 0 Å². The number of nitrogens with zero attached hydrogens (tertiary/aromatic N) is 2. The smallest absolute Gasteiger partial charge is 0.174 e. The van der Waals surface area contributed by atoms with Crippen molar-refractivity contribution >= 4 is 0 Å². The van der Waals surface area contributed by atoms with Gasteiger partial charge in [0.15, 0.2) is 37.9 Å². The fourth-order valence-corrected chi connectivity index (χ4v) is 3.79. The lowest BCUT2D eigenvalue weighted by Crippen LogP contribution is -2.33. The molecule has 0 atom stereocenters. The lowest BCUT2D eigenvalue weighted by molar-refractivity contribution is -0.688. The van der Waals surface area contributed by atoms with E-state index in [2.05, 4.69) is 45.8 Å². The number of ether oxygens (including phenoxy) is 2. The fourth-order valence-electron chi connectivity index (χ4n) is 3.79. The molecule has 162 valence electrons. The minimum atomic E-state index is -0.192. The Morgan fingerprint density at radius 3 is 1.56 bits per heavy atom. The van der Waals surface area contributed by atoms with E-state index in [0.29, 0.717) is 6.54 Å². The summed E-state index contributed by atoms with van der Waals surface area (Å²) < 4.78 is 28.5. The van der Waals surface area contributed by atoms with Gasteiger partial charge in [-0.15, -0.1) is 0 Å². The second-order valence-corrected chi connectivity index (χ2v) is 7.88. The van der Waals surface area contributed by atoms with Crippen molar-refractivity contribution in [2.45, 2.75) is 20.0 Å². The van der Waals surface area contributed by atoms with Gasteiger partial charge in [0, 0.05) is 41.5 Å². The molecule has 0 saturated carbocycles. The summed E-state index contributed by atoms with van der Waals surface area (Å²) in [5.74, 6) is 1.37. The first-order chi connectivity index (χ1) is 15.5. The van der Waals surface area contributed by atoms with Gasteiger partial charge >= 0.3 is 0 Å². The van der Waals surface area contributed by atoms with Gasteiger partial charge in [0.05, 0.1) is 14.2 Å². The van der Waals surface area contributed by atoms with Crippen molar-refractivity contribution < 1.29 is 23.0 Å². The summed E-state index contributed by atoms with van der Waals surface area (Å²) in [7, 11) is 3.31. The normalized spacial score (nSPS) is 10.8. The summed E-state index contributed by atoms with van der Waals surface area (Å²) in [6.45, 7) is 3.26. The summed E-state index contributed by atoms with van der Waals surface area (Å²) in [5.41, 5.74) is 5.26. The topological polar surface area (TPSA) is 26.2 Å². The van der Waals surface area contributed by atoms with E-state index in [1.165, 1.54) is 0 Å². The maximum Gasteiger partial charge on any atom is 0.174 e. The Balaban J connectivity index is 1.46. The second kappa shape index (κ2) is 9.60. The van der Waals surface area contributed by atoms with Crippen LogP contribution in [-0.2, 0) is 13.1 Å². The molecule has 0 fully saturated rings. The molecule has 0 aliphatic rings. The van der Waals surface area contributed by atoms with Crippen LogP contribution in [0.25, 0.3) is 11.1 Å². The summed E-state index contributed by atoms with van der Waals surface area (Å²) in [5, 5.41) is 0. The largest absolute Gasteiger partial charge is 0.497 e. The highest BCUT2D eigenvalue weighted by atomic mass is 19.1. The SMILES string of the molecule is COc1cc(C[n+]2ccc(-c3cc[n+](Cc4cc(C)cc(F)c4)cc3)cc2)cc(OC)c1. The molecule has 2 aromatic heterocycles. The van der Waals surface area contributed by atoms with Gasteiger partial charge in [-0.05, 0) is 53.9 Å². The molecule has 0 aliphatic heterocycles. The molecule has 0 radical (unpaired) electrons. The van der Waals surface area contributed by atoms with Gasteiger partial charge in [-0.3, -0.25) is 0 Å². The first-order valence-electron chi connectivity index (χ1n) is 10.5. The molecule has 0 spiro atoms. The molecule has 32 heavy (non-hydrogen) atoms. The van der Waals surface area contributed by atoms with Crippen molar-refractivity contribution in [3.63, 3.8) is 0 Å². The predicted octanol–water partition coefficient (Wildman–Crippen LogP) is 4.49. The molecule has 2 heterocycles. The van der Waals surface area contributed by atoms with Gasteiger partial charge in [-0.2, -0.15) is 0 Å². The Morgan fingerprint density at radius 1 is 0.656 bits per heavy atom. The van der Waals surface area contributed by atoms with Crippen molar-refractivity contribution in [2.24, 2.45) is 0 Å². The zero-order valence-corrected chi connectivity index (χ0v) is 18.6. The standard InChI is InChI=1S/C27H27FN2O2/c1-20-12-21(14-25(28)13-20)18-29-8-4-23(5-9-29)24-6-10-30(11-7-24)19-22-15-26(31-2)17-27(16-22)32-3/h4-17H,18-19H2,1-3H3/q+2. The number of hydrogen-bond donors (Lipinski definition) is 0. The average molecular weight is 431 g/mol. The van der Waals surface area contributed by atoms with E-state index in [-0.39, 0.29) is 5.82 Å². The van der Waals surface area contributed by atoms with Crippen molar-refractivity contribution in [3.05, 3.63) is 108 Å². The monoisotopic (exact) mass is 430 g/mol. The van der Waals surface area contributed by atoms with Crippen LogP contribution in [0.15, 0.2) is 85.5 Å². The van der Waals surface area contributed by atoms with E-state index in [1.54, 1.807) is 26.4 Å². The van der Waals surface area contributed by atoms with Gasteiger partial charge in [0.2, 0.25) is 0 Å². The highest BCUT2D eigenvalue weighted by Gasteiger charge is 2.10. The number of pyridine rings is 2. The van der Waals surface area contributed by atoms with Gasteiger partial charge in [-0.1, -0.05) is 0 Å². The molecule has 5 heteroatoms. The molecule has 4 nitrogen and oxygen atoms in total. The Morgan fingerprint density at radius 2 is 1.12 bits per heavy atom. The Hall–Kier alpha value is -3.73. The maximum atomic E-state index is 13.6. The minimum absolute atomic E-state index is 0.192. The van der Waals surface area contributed by atoms with Crippen LogP contribution in [0.1, 0.15) is 16.7 Å². The summed E-state index contributed by atoms with van der Waals surface area (Å²) in [6, 6.07) is 19.4. The van der Waals surface area contributed by atoms with Crippen LogP contribution >= 0.6 is 0 Å². The van der Waals surface area contributed by atoms with Crippen LogP contribution in [-0.4, -0.2) is 14.2 Å². The van der Waals surface area contributed by atoms with Crippen molar-refractivity contribution in [2.75, 3.05) is 14.2 Å². The quantitative estimate of drug-likeness (QED) is 0.404. The van der Waals surface area contributed by atoms with Crippen LogP contribution < -0.4 is 18.6 Å². The molecule has 0 bridgehead atoms. The van der Waals surface area contributed by atoms with Gasteiger partial charge < -0.3 is 9.47 Å². The Bertz CT molecular complexity index is 1160. The Kier molecular flexibility index (Phi) is 6.45. The van der Waals surface area contributed by atoms with Crippen LogP contribution in [0.4, 0.5) is 4.39 Å². The molecule has 0 amide bonds. The van der Waals surface area contributed by atoms with Crippen molar-refractivity contribution in [3.8, 4) is 22.6 Å². The second-order valence-electron chi connectivity index (χ2n) is 7.88. The maximum absolute atomic E-state index is 13.6. The van der Waals surface area contributed by atoms with E-state index in [4.69, 9.17) is 9.47 Å². The lowest BCUT2D eigenvalue weighted by atomic mass is 10.1. The molecule has 0 aliphatic carbocycles. The molecule has 2 aromatic carbocycles. The zero-order valence-electron chi connectivity index (χ0n) is 18.6. The van der Waals surface area contributed by atoms with Crippen molar-refractivity contribution in [1.29, 1.82) is 0 Å². The third kappa shape index (κ3) is 5.30. The molecular formula is C27H27FN2O2+2. The number of halogens is 1. The van der Waals surface area contributed by atoms with Crippen LogP contribution in [0, 0.1) is 12.7 Å². The summed E-state index contributed by atoms with van der Waals surface area (Å²) >= 11 is 0. The Labute approximate surface area is 188 Å². The highest BCUT2D eigenvalue weighted by Crippen LogP contribution is 2.22. The molecule has 4 rings (SSSR count). The van der Waals surface area contributed by atoms with E-state index in [9.17, 15) is 4.39 Å². The number of aryl methyl sites for hydroxylation is 1. The van der Waals surface area contributed by atoms with E-state index < -0.39 is 0 Å². The minimum Gasteiger partial charge on any atom is -0.497 e. The van der Waals surface area contributed by atoms with Gasteiger partial charge in [0.25, 0.3) is 0 Å². The van der Waals surface area contributed by atoms with Crippen molar-refractivity contribution in [1.82, 2.24) is 0 Å². The number of benzene rings is 2. The third-order valence-corrected chi connectivity index (χ3v) is 5.36. The van der Waals surface area contributed by atoms with E-state index in [1.807, 2.05) is 43.6 Å². The molecule has 0 unspecified atom stereocenters. The zero-order chi connectivity index (χ0) is 22.5. The van der Waals surface area contributed by atoms with Gasteiger partial charge in [0.1, 0.15) is 17.3 Å². The van der Waals surface area contributed by atoms with E-state index >= 15 is 0 Å². The summed E-state index contributed by atoms with van der Waals surface area (Å²) in [4.78, 5) is 0. The first-order valence-corrected chi connectivity index (χ1v) is 10.5. The third-order valence-electron chi connectivity index (χ3n) is 5.36. The van der Waals surface area contributed by atoms with Crippen LogP contribution in [0.2, 0.25) is 0 Å². The van der Waals surface area contributed by atoms with Crippen LogP contribution in [0.5, 0.6) is 11.5 Å².